The second-order valence-electron chi connectivity index (χ2n) is 7.35. The summed E-state index contributed by atoms with van der Waals surface area (Å²) in [6.45, 7) is 6.86. The maximum absolute atomic E-state index is 12.3. The van der Waals surface area contributed by atoms with Gasteiger partial charge in [0.25, 0.3) is 0 Å². The smallest absolute Gasteiger partial charge is 0.410 e. The zero-order chi connectivity index (χ0) is 17.8. The molecular weight excluding hydrogens is 322 g/mol. The van der Waals surface area contributed by atoms with Crippen molar-refractivity contribution >= 4 is 24.1 Å². The molecule has 1 saturated heterocycles. The Balaban J connectivity index is 2.14. The molecule has 2 rings (SSSR count). The molecule has 1 aliphatic heterocycles. The third-order valence-corrected chi connectivity index (χ3v) is 5.25. The topological polar surface area (TPSA) is 46.6 Å². The Bertz CT molecular complexity index is 587. The second-order valence-corrected chi connectivity index (χ2v) is 8.23. The molecule has 0 radical (unpaired) electrons. The van der Waals surface area contributed by atoms with Gasteiger partial charge in [0.05, 0.1) is 0 Å². The Morgan fingerprint density at radius 2 is 2.00 bits per heavy atom. The molecular formula is C19H27NO3S. The summed E-state index contributed by atoms with van der Waals surface area (Å²) < 4.78 is 5.46. The van der Waals surface area contributed by atoms with Crippen molar-refractivity contribution in [1.29, 1.82) is 0 Å². The minimum Gasteiger partial charge on any atom is -0.444 e. The molecule has 4 nitrogen and oxygen atoms in total. The van der Waals surface area contributed by atoms with Crippen LogP contribution < -0.4 is 0 Å². The number of benzene rings is 1. The first kappa shape index (κ1) is 18.8. The quantitative estimate of drug-likeness (QED) is 0.602. The lowest BCUT2D eigenvalue weighted by atomic mass is 9.71. The first-order valence-electron chi connectivity index (χ1n) is 8.36. The first-order valence-corrected chi connectivity index (χ1v) is 9.58. The maximum atomic E-state index is 12.3. The van der Waals surface area contributed by atoms with Gasteiger partial charge in [0, 0.05) is 29.8 Å². The van der Waals surface area contributed by atoms with E-state index in [1.165, 1.54) is 10.5 Å². The molecule has 0 spiro atoms. The summed E-state index contributed by atoms with van der Waals surface area (Å²) in [5, 5.41) is 0. The third-order valence-electron chi connectivity index (χ3n) is 4.53. The summed E-state index contributed by atoms with van der Waals surface area (Å²) in [6, 6.07) is 8.41. The fraction of sp³-hybridized carbons (Fsp3) is 0.579. The van der Waals surface area contributed by atoms with Crippen LogP contribution in [-0.2, 0) is 14.9 Å². The number of nitrogens with zero attached hydrogens (tertiary/aromatic N) is 1. The number of piperidine rings is 1. The largest absolute Gasteiger partial charge is 0.444 e. The van der Waals surface area contributed by atoms with Crippen molar-refractivity contribution in [3.63, 3.8) is 0 Å². The van der Waals surface area contributed by atoms with E-state index in [2.05, 4.69) is 24.5 Å². The Kier molecular flexibility index (Phi) is 5.97. The lowest BCUT2D eigenvalue weighted by molar-refractivity contribution is -0.109. The molecule has 1 heterocycles. The summed E-state index contributed by atoms with van der Waals surface area (Å²) in [7, 11) is 0. The van der Waals surface area contributed by atoms with E-state index in [1.807, 2.05) is 26.8 Å². The molecule has 0 saturated carbocycles. The highest BCUT2D eigenvalue weighted by atomic mass is 32.2. The highest BCUT2D eigenvalue weighted by molar-refractivity contribution is 7.98. The van der Waals surface area contributed by atoms with Crippen LogP contribution in [0.4, 0.5) is 4.79 Å². The molecule has 24 heavy (non-hydrogen) atoms. The predicted octanol–water partition coefficient (Wildman–Crippen LogP) is 4.27. The average Bonchev–Trinajstić information content (AvgIpc) is 2.54. The van der Waals surface area contributed by atoms with Crippen LogP contribution in [0.1, 0.15) is 45.6 Å². The van der Waals surface area contributed by atoms with E-state index in [-0.39, 0.29) is 11.5 Å². The number of amides is 1. The van der Waals surface area contributed by atoms with Crippen LogP contribution in [0.15, 0.2) is 29.2 Å². The van der Waals surface area contributed by atoms with E-state index in [4.69, 9.17) is 4.74 Å². The maximum Gasteiger partial charge on any atom is 0.410 e. The standard InChI is InChI=1S/C19H27NO3S/c1-18(2,3)23-17(22)20-11-8-19(9-12-20,10-13-21)15-6-5-7-16(14-15)24-4/h5-7,13-14H,8-12H2,1-4H3. The van der Waals surface area contributed by atoms with Crippen molar-refractivity contribution in [3.8, 4) is 0 Å². The van der Waals surface area contributed by atoms with Gasteiger partial charge in [-0.15, -0.1) is 11.8 Å². The Morgan fingerprint density at radius 1 is 1.33 bits per heavy atom. The van der Waals surface area contributed by atoms with Gasteiger partial charge in [0.15, 0.2) is 0 Å². The van der Waals surface area contributed by atoms with Crippen LogP contribution in [-0.4, -0.2) is 42.2 Å². The number of aldehydes is 1. The molecule has 1 aromatic rings. The molecule has 0 N–H and O–H groups in total. The summed E-state index contributed by atoms with van der Waals surface area (Å²) in [4.78, 5) is 26.5. The van der Waals surface area contributed by atoms with Gasteiger partial charge < -0.3 is 14.4 Å². The van der Waals surface area contributed by atoms with E-state index < -0.39 is 5.60 Å². The van der Waals surface area contributed by atoms with Crippen molar-refractivity contribution in [2.24, 2.45) is 0 Å². The number of thioether (sulfide) groups is 1. The number of hydrogen-bond acceptors (Lipinski definition) is 4. The summed E-state index contributed by atoms with van der Waals surface area (Å²) in [5.41, 5.74) is 0.540. The average molecular weight is 349 g/mol. The molecule has 0 atom stereocenters. The van der Waals surface area contributed by atoms with E-state index in [9.17, 15) is 9.59 Å². The molecule has 0 unspecified atom stereocenters. The molecule has 1 aliphatic rings. The third kappa shape index (κ3) is 4.53. The molecule has 1 amide bonds. The lowest BCUT2D eigenvalue weighted by Gasteiger charge is -2.41. The number of hydrogen-bond donors (Lipinski definition) is 0. The van der Waals surface area contributed by atoms with Crippen molar-refractivity contribution in [2.75, 3.05) is 19.3 Å². The second kappa shape index (κ2) is 7.60. The molecule has 0 aliphatic carbocycles. The van der Waals surface area contributed by atoms with Gasteiger partial charge in [-0.25, -0.2) is 4.79 Å². The summed E-state index contributed by atoms with van der Waals surface area (Å²) in [5.74, 6) is 0. The lowest BCUT2D eigenvalue weighted by Crippen LogP contribution is -2.47. The Hall–Kier alpha value is -1.49. The van der Waals surface area contributed by atoms with Gasteiger partial charge >= 0.3 is 6.09 Å². The van der Waals surface area contributed by atoms with E-state index in [1.54, 1.807) is 16.7 Å². The van der Waals surface area contributed by atoms with Gasteiger partial charge in [-0.1, -0.05) is 12.1 Å². The van der Waals surface area contributed by atoms with Crippen molar-refractivity contribution in [2.45, 2.75) is 55.9 Å². The van der Waals surface area contributed by atoms with Gasteiger partial charge in [-0.05, 0) is 57.6 Å². The fourth-order valence-corrected chi connectivity index (χ4v) is 3.63. The van der Waals surface area contributed by atoms with E-state index in [0.29, 0.717) is 19.5 Å². The number of likely N-dealkylation sites (tertiary alicyclic amines) is 1. The van der Waals surface area contributed by atoms with Gasteiger partial charge in [-0.3, -0.25) is 0 Å². The SMILES string of the molecule is CSc1cccc(C2(CC=O)CCN(C(=O)OC(C)(C)C)CC2)c1. The Morgan fingerprint density at radius 3 is 2.54 bits per heavy atom. The summed E-state index contributed by atoms with van der Waals surface area (Å²) >= 11 is 1.70. The normalized spacial score (nSPS) is 17.4. The number of carbonyl (C=O) groups excluding carboxylic acids is 2. The van der Waals surface area contributed by atoms with Crippen LogP contribution in [0, 0.1) is 0 Å². The zero-order valence-electron chi connectivity index (χ0n) is 15.0. The minimum atomic E-state index is -0.485. The molecule has 0 aromatic heterocycles. The van der Waals surface area contributed by atoms with Crippen LogP contribution in [0.2, 0.25) is 0 Å². The molecule has 5 heteroatoms. The van der Waals surface area contributed by atoms with Crippen molar-refractivity contribution in [1.82, 2.24) is 4.90 Å². The van der Waals surface area contributed by atoms with Gasteiger partial charge in [0.1, 0.15) is 11.9 Å². The monoisotopic (exact) mass is 349 g/mol. The molecule has 132 valence electrons. The van der Waals surface area contributed by atoms with Crippen molar-refractivity contribution < 1.29 is 14.3 Å². The van der Waals surface area contributed by atoms with E-state index >= 15 is 0 Å². The molecule has 1 fully saturated rings. The zero-order valence-corrected chi connectivity index (χ0v) is 15.8. The highest BCUT2D eigenvalue weighted by Gasteiger charge is 2.38. The number of ether oxygens (including phenoxy) is 1. The van der Waals surface area contributed by atoms with Crippen molar-refractivity contribution in [3.05, 3.63) is 29.8 Å². The number of carbonyl (C=O) groups is 2. The highest BCUT2D eigenvalue weighted by Crippen LogP contribution is 2.39. The van der Waals surface area contributed by atoms with Crippen LogP contribution in [0.5, 0.6) is 0 Å². The van der Waals surface area contributed by atoms with Gasteiger partial charge in [-0.2, -0.15) is 0 Å². The Labute approximate surface area is 148 Å². The van der Waals surface area contributed by atoms with Crippen LogP contribution in [0.25, 0.3) is 0 Å². The minimum absolute atomic E-state index is 0.175. The van der Waals surface area contributed by atoms with E-state index in [0.717, 1.165) is 19.1 Å². The first-order chi connectivity index (χ1) is 11.3. The summed E-state index contributed by atoms with van der Waals surface area (Å²) in [6.07, 6.45) is 4.85. The fourth-order valence-electron chi connectivity index (χ4n) is 3.17. The predicted molar refractivity (Wildman–Crippen MR) is 97.6 cm³/mol. The molecule has 1 aromatic carbocycles. The van der Waals surface area contributed by atoms with Crippen LogP contribution >= 0.6 is 11.8 Å². The van der Waals surface area contributed by atoms with Gasteiger partial charge in [0.2, 0.25) is 0 Å². The molecule has 0 bridgehead atoms. The number of rotatable bonds is 4. The van der Waals surface area contributed by atoms with Crippen LogP contribution in [0.3, 0.4) is 0 Å².